The molecule has 0 N–H and O–H groups in total. The predicted octanol–water partition coefficient (Wildman–Crippen LogP) is 0.0145. The average Bonchev–Trinajstić information content (AvgIpc) is 1.64. The van der Waals surface area contributed by atoms with Gasteiger partial charge in [-0.05, 0) is 0 Å². The van der Waals surface area contributed by atoms with E-state index in [4.69, 9.17) is 0 Å². The molecule has 0 unspecified atom stereocenters. The fourth-order valence-electron chi connectivity index (χ4n) is 0.499. The molecule has 0 radical (unpaired) electrons. The van der Waals surface area contributed by atoms with Crippen LogP contribution in [0.25, 0.3) is 0 Å². The first-order valence-electron chi connectivity index (χ1n) is 2.37. The van der Waals surface area contributed by atoms with Crippen LogP contribution in [0.3, 0.4) is 0 Å². The quantitative estimate of drug-likeness (QED) is 0.333. The fourth-order valence-corrected chi connectivity index (χ4v) is 0.499. The predicted molar refractivity (Wildman–Crippen MR) is 29.6 cm³/mol. The van der Waals surface area contributed by atoms with E-state index in [0.717, 1.165) is 4.24 Å². The van der Waals surface area contributed by atoms with Gasteiger partial charge in [0.15, 0.2) is 0 Å². The van der Waals surface area contributed by atoms with E-state index in [2.05, 4.69) is 4.98 Å². The summed E-state index contributed by atoms with van der Waals surface area (Å²) < 4.78 is 13.0. The molecule has 1 aromatic heterocycles. The van der Waals surface area contributed by atoms with Crippen LogP contribution >= 0.6 is 0 Å². The number of halogens is 1. The molecule has 0 saturated carbocycles. The molecular formula is C5H3FLiN. The van der Waals surface area contributed by atoms with Crippen molar-refractivity contribution >= 4 is 22.0 Å². The number of rotatable bonds is 0. The first-order chi connectivity index (χ1) is 3.79. The van der Waals surface area contributed by atoms with Gasteiger partial charge in [0.05, 0.1) is 0 Å². The van der Waals surface area contributed by atoms with Crippen molar-refractivity contribution in [3.63, 3.8) is 0 Å². The molecule has 0 bridgehead atoms. The normalized spacial score (nSPS) is 9.38. The zero-order valence-corrected chi connectivity index (χ0v) is 4.56. The summed E-state index contributed by atoms with van der Waals surface area (Å²) in [6, 6.07) is 3.14. The number of hydrogen-bond donors (Lipinski definition) is 0. The van der Waals surface area contributed by atoms with Crippen molar-refractivity contribution in [2.75, 3.05) is 0 Å². The molecule has 0 saturated heterocycles. The molecule has 0 spiro atoms. The van der Waals surface area contributed by atoms with Crippen LogP contribution in [0.5, 0.6) is 0 Å². The van der Waals surface area contributed by atoms with Gasteiger partial charge in [0.1, 0.15) is 0 Å². The molecule has 3 heteroatoms. The summed E-state index contributed by atoms with van der Waals surface area (Å²) in [6.45, 7) is 0. The van der Waals surface area contributed by atoms with Gasteiger partial charge in [-0.1, -0.05) is 0 Å². The molecule has 0 atom stereocenters. The van der Waals surface area contributed by atoms with Crippen LogP contribution < -0.4 is 4.24 Å². The molecule has 1 aromatic rings. The second kappa shape index (κ2) is 2.30. The molecule has 0 amide bonds. The molecule has 0 aliphatic carbocycles. The van der Waals surface area contributed by atoms with Gasteiger partial charge in [0, 0.05) is 0 Å². The molecule has 0 fully saturated rings. The van der Waals surface area contributed by atoms with E-state index in [-0.39, 0.29) is 0 Å². The van der Waals surface area contributed by atoms with Crippen molar-refractivity contribution in [1.29, 1.82) is 0 Å². The summed E-state index contributed by atoms with van der Waals surface area (Å²) in [4.78, 5) is 3.37. The minimum atomic E-state index is -0.412. The van der Waals surface area contributed by atoms with Gasteiger partial charge in [-0.15, -0.1) is 0 Å². The molecule has 36 valence electrons. The standard InChI is InChI=1S/C5H3FN.Li/c6-5-3-1-2-4-7-5;/h2-4H;. The third-order valence-corrected chi connectivity index (χ3v) is 0.882. The third-order valence-electron chi connectivity index (χ3n) is 0.882. The second-order valence-corrected chi connectivity index (χ2v) is 1.66. The topological polar surface area (TPSA) is 12.9 Å². The van der Waals surface area contributed by atoms with Crippen LogP contribution in [0, 0.1) is 5.95 Å². The Morgan fingerprint density at radius 3 is 2.75 bits per heavy atom. The Balaban J connectivity index is 3.08. The van der Waals surface area contributed by atoms with Gasteiger partial charge in [-0.2, -0.15) is 0 Å². The Morgan fingerprint density at radius 1 is 1.62 bits per heavy atom. The summed E-state index contributed by atoms with van der Waals surface area (Å²) in [7, 11) is 0. The number of aromatic nitrogens is 1. The maximum atomic E-state index is 12.1. The van der Waals surface area contributed by atoms with Crippen LogP contribution in [-0.2, 0) is 0 Å². The Labute approximate surface area is 56.1 Å². The van der Waals surface area contributed by atoms with Gasteiger partial charge >= 0.3 is 55.6 Å². The van der Waals surface area contributed by atoms with Crippen molar-refractivity contribution < 1.29 is 4.39 Å². The van der Waals surface area contributed by atoms with Crippen LogP contribution in [0.4, 0.5) is 4.39 Å². The SMILES string of the molecule is [Li][c]1ccnc(F)c1. The van der Waals surface area contributed by atoms with E-state index >= 15 is 0 Å². The number of nitrogens with zero attached hydrogens (tertiary/aromatic N) is 1. The number of pyridine rings is 1. The third kappa shape index (κ3) is 1.33. The van der Waals surface area contributed by atoms with Crippen molar-refractivity contribution in [3.8, 4) is 0 Å². The van der Waals surface area contributed by atoms with Crippen LogP contribution in [0.1, 0.15) is 0 Å². The van der Waals surface area contributed by atoms with Crippen molar-refractivity contribution in [2.24, 2.45) is 0 Å². The molecular weight excluding hydrogens is 100 g/mol. The molecule has 1 nitrogen and oxygen atoms in total. The van der Waals surface area contributed by atoms with E-state index in [1.165, 1.54) is 12.3 Å². The first-order valence-corrected chi connectivity index (χ1v) is 2.37. The van der Waals surface area contributed by atoms with Gasteiger partial charge in [-0.3, -0.25) is 0 Å². The minimum absolute atomic E-state index is 0.412. The van der Waals surface area contributed by atoms with Gasteiger partial charge in [0.2, 0.25) is 0 Å². The van der Waals surface area contributed by atoms with Crippen molar-refractivity contribution in [3.05, 3.63) is 24.3 Å². The summed E-state index contributed by atoms with van der Waals surface area (Å²) in [6.07, 6.45) is 1.45. The van der Waals surface area contributed by atoms with Crippen molar-refractivity contribution in [2.45, 2.75) is 0 Å². The zero-order chi connectivity index (χ0) is 5.98. The first kappa shape index (κ1) is 5.81. The fraction of sp³-hybridized carbons (Fsp3) is 0. The summed E-state index contributed by atoms with van der Waals surface area (Å²) in [5.41, 5.74) is 0. The summed E-state index contributed by atoms with van der Waals surface area (Å²) in [5.74, 6) is -0.412. The van der Waals surface area contributed by atoms with E-state index in [1.807, 2.05) is 17.7 Å². The summed E-state index contributed by atoms with van der Waals surface area (Å²) in [5, 5.41) is 0. The molecule has 1 heterocycles. The molecule has 8 heavy (non-hydrogen) atoms. The second-order valence-electron chi connectivity index (χ2n) is 1.66. The van der Waals surface area contributed by atoms with Gasteiger partial charge in [-0.25, -0.2) is 0 Å². The number of hydrogen-bond acceptors (Lipinski definition) is 1. The molecule has 0 aromatic carbocycles. The van der Waals surface area contributed by atoms with E-state index in [0.29, 0.717) is 0 Å². The molecule has 1 rings (SSSR count). The van der Waals surface area contributed by atoms with Crippen LogP contribution in [0.15, 0.2) is 18.3 Å². The Morgan fingerprint density at radius 2 is 2.38 bits per heavy atom. The monoisotopic (exact) mass is 103 g/mol. The molecule has 0 aliphatic rings. The average molecular weight is 103 g/mol. The Bertz CT molecular complexity index is 172. The van der Waals surface area contributed by atoms with E-state index < -0.39 is 5.95 Å². The zero-order valence-electron chi connectivity index (χ0n) is 4.56. The van der Waals surface area contributed by atoms with Crippen molar-refractivity contribution in [1.82, 2.24) is 4.98 Å². The molecule has 0 aliphatic heterocycles. The van der Waals surface area contributed by atoms with E-state index in [9.17, 15) is 4.39 Å². The van der Waals surface area contributed by atoms with Crippen LogP contribution in [0.2, 0.25) is 0 Å². The van der Waals surface area contributed by atoms with E-state index in [1.54, 1.807) is 6.07 Å². The maximum absolute atomic E-state index is 12.1. The van der Waals surface area contributed by atoms with Crippen LogP contribution in [-0.4, -0.2) is 22.7 Å². The van der Waals surface area contributed by atoms with Gasteiger partial charge in [0.25, 0.3) is 0 Å². The summed E-state index contributed by atoms with van der Waals surface area (Å²) >= 11 is 1.82. The Hall–Kier alpha value is -0.323. The van der Waals surface area contributed by atoms with Gasteiger partial charge < -0.3 is 0 Å². The Kier molecular flexibility index (Phi) is 1.67.